The molecule has 0 unspecified atom stereocenters. The Bertz CT molecular complexity index is 500. The number of aliphatic hydroxyl groups is 2. The van der Waals surface area contributed by atoms with Crippen molar-refractivity contribution >= 4 is 0 Å². The zero-order chi connectivity index (χ0) is 13.2. The van der Waals surface area contributed by atoms with Gasteiger partial charge in [0.1, 0.15) is 11.7 Å². The molecule has 2 atom stereocenters. The summed E-state index contributed by atoms with van der Waals surface area (Å²) in [7, 11) is 0. The normalized spacial score (nSPS) is 16.0. The predicted octanol–water partition coefficient (Wildman–Crippen LogP) is 2.94. The minimum absolute atomic E-state index is 0.707. The van der Waals surface area contributed by atoms with Crippen molar-refractivity contribution in [3.05, 3.63) is 71.3 Å². The van der Waals surface area contributed by atoms with Crippen LogP contribution in [0.4, 0.5) is 0 Å². The Labute approximate surface area is 108 Å². The lowest BCUT2D eigenvalue weighted by Gasteiger charge is -2.30. The van der Waals surface area contributed by atoms with E-state index >= 15 is 0 Å². The second-order valence-corrected chi connectivity index (χ2v) is 4.83. The first-order chi connectivity index (χ1) is 8.51. The number of aliphatic hydroxyl groups excluding tert-OH is 1. The van der Waals surface area contributed by atoms with E-state index in [1.54, 1.807) is 6.92 Å². The lowest BCUT2D eigenvalue weighted by Crippen LogP contribution is -2.29. The molecular weight excluding hydrogens is 224 g/mol. The lowest BCUT2D eigenvalue weighted by molar-refractivity contribution is -0.0690. The Hall–Kier alpha value is -1.64. The van der Waals surface area contributed by atoms with E-state index in [1.165, 1.54) is 0 Å². The van der Waals surface area contributed by atoms with Crippen LogP contribution < -0.4 is 0 Å². The third-order valence-corrected chi connectivity index (χ3v) is 3.28. The Morgan fingerprint density at radius 3 is 2.06 bits per heavy atom. The fourth-order valence-corrected chi connectivity index (χ4v) is 2.01. The molecule has 0 fully saturated rings. The number of hydrogen-bond donors (Lipinski definition) is 2. The summed E-state index contributed by atoms with van der Waals surface area (Å²) in [5.41, 5.74) is 1.26. The highest BCUT2D eigenvalue weighted by Gasteiger charge is 2.33. The lowest BCUT2D eigenvalue weighted by atomic mass is 9.86. The van der Waals surface area contributed by atoms with E-state index in [1.807, 2.05) is 61.5 Å². The zero-order valence-electron chi connectivity index (χ0n) is 10.7. The van der Waals surface area contributed by atoms with Crippen molar-refractivity contribution in [2.75, 3.05) is 0 Å². The zero-order valence-corrected chi connectivity index (χ0v) is 10.7. The fourth-order valence-electron chi connectivity index (χ4n) is 2.01. The van der Waals surface area contributed by atoms with Crippen LogP contribution in [-0.4, -0.2) is 10.2 Å². The van der Waals surface area contributed by atoms with E-state index in [4.69, 9.17) is 0 Å². The van der Waals surface area contributed by atoms with Crippen molar-refractivity contribution in [2.45, 2.75) is 25.6 Å². The summed E-state index contributed by atoms with van der Waals surface area (Å²) in [6, 6.07) is 16.8. The van der Waals surface area contributed by atoms with E-state index in [2.05, 4.69) is 0 Å². The van der Waals surface area contributed by atoms with Crippen molar-refractivity contribution in [1.82, 2.24) is 0 Å². The molecule has 18 heavy (non-hydrogen) atoms. The standard InChI is InChI=1S/C16H18O2/c1-12-8-10-13(11-9-12)15(17)16(2,18)14-6-4-3-5-7-14/h3-11,15,17-18H,1-2H3/t15-,16+/m0/s1. The van der Waals surface area contributed by atoms with Gasteiger partial charge in [-0.15, -0.1) is 0 Å². The minimum atomic E-state index is -1.30. The molecular formula is C16H18O2. The molecule has 0 aliphatic carbocycles. The van der Waals surface area contributed by atoms with Gasteiger partial charge >= 0.3 is 0 Å². The molecule has 0 heterocycles. The van der Waals surface area contributed by atoms with Crippen LogP contribution in [0.25, 0.3) is 0 Å². The van der Waals surface area contributed by atoms with Crippen LogP contribution in [-0.2, 0) is 5.60 Å². The van der Waals surface area contributed by atoms with Gasteiger partial charge in [0.15, 0.2) is 0 Å². The molecule has 2 rings (SSSR count). The first kappa shape index (κ1) is 12.8. The third-order valence-electron chi connectivity index (χ3n) is 3.28. The highest BCUT2D eigenvalue weighted by Crippen LogP contribution is 2.34. The maximum atomic E-state index is 10.5. The summed E-state index contributed by atoms with van der Waals surface area (Å²) >= 11 is 0. The quantitative estimate of drug-likeness (QED) is 0.868. The minimum Gasteiger partial charge on any atom is -0.385 e. The van der Waals surface area contributed by atoms with Gasteiger partial charge < -0.3 is 10.2 Å². The van der Waals surface area contributed by atoms with Crippen LogP contribution in [0, 0.1) is 6.92 Å². The molecule has 0 amide bonds. The molecule has 2 aromatic rings. The average molecular weight is 242 g/mol. The summed E-state index contributed by atoms with van der Waals surface area (Å²) in [6.45, 7) is 3.62. The Kier molecular flexibility index (Phi) is 3.50. The maximum absolute atomic E-state index is 10.5. The van der Waals surface area contributed by atoms with Gasteiger partial charge in [0, 0.05) is 0 Å². The van der Waals surface area contributed by atoms with Crippen LogP contribution in [0.15, 0.2) is 54.6 Å². The molecule has 2 heteroatoms. The molecule has 0 aromatic heterocycles. The number of rotatable bonds is 3. The van der Waals surface area contributed by atoms with Gasteiger partial charge in [-0.3, -0.25) is 0 Å². The van der Waals surface area contributed by atoms with Crippen LogP contribution in [0.2, 0.25) is 0 Å². The summed E-state index contributed by atoms with van der Waals surface area (Å²) in [5, 5.41) is 20.9. The molecule has 0 aliphatic rings. The van der Waals surface area contributed by atoms with E-state index in [0.29, 0.717) is 5.56 Å². The van der Waals surface area contributed by atoms with Gasteiger partial charge in [0.05, 0.1) is 0 Å². The molecule has 94 valence electrons. The van der Waals surface area contributed by atoms with Crippen LogP contribution in [0.3, 0.4) is 0 Å². The largest absolute Gasteiger partial charge is 0.385 e. The molecule has 0 saturated heterocycles. The number of aryl methyl sites for hydroxylation is 1. The van der Waals surface area contributed by atoms with Gasteiger partial charge in [-0.05, 0) is 25.0 Å². The SMILES string of the molecule is Cc1ccc([C@H](O)[C@](C)(O)c2ccccc2)cc1. The topological polar surface area (TPSA) is 40.5 Å². The monoisotopic (exact) mass is 242 g/mol. The van der Waals surface area contributed by atoms with Crippen molar-refractivity contribution in [2.24, 2.45) is 0 Å². The highest BCUT2D eigenvalue weighted by atomic mass is 16.3. The molecule has 2 aromatic carbocycles. The van der Waals surface area contributed by atoms with Crippen LogP contribution >= 0.6 is 0 Å². The summed E-state index contributed by atoms with van der Waals surface area (Å²) in [6.07, 6.45) is -0.944. The first-order valence-electron chi connectivity index (χ1n) is 6.04. The number of benzene rings is 2. The van der Waals surface area contributed by atoms with Crippen molar-refractivity contribution in [1.29, 1.82) is 0 Å². The molecule has 0 bridgehead atoms. The average Bonchev–Trinajstić information content (AvgIpc) is 2.40. The molecule has 0 saturated carbocycles. The van der Waals surface area contributed by atoms with Gasteiger partial charge in [0.2, 0.25) is 0 Å². The summed E-state index contributed by atoms with van der Waals surface area (Å²) in [4.78, 5) is 0. The third kappa shape index (κ3) is 2.45. The van der Waals surface area contributed by atoms with Gasteiger partial charge in [0.25, 0.3) is 0 Å². The smallest absolute Gasteiger partial charge is 0.117 e. The van der Waals surface area contributed by atoms with Crippen molar-refractivity contribution in [3.8, 4) is 0 Å². The van der Waals surface area contributed by atoms with Crippen LogP contribution in [0.1, 0.15) is 29.7 Å². The number of hydrogen-bond acceptors (Lipinski definition) is 2. The molecule has 0 aliphatic heterocycles. The molecule has 2 nitrogen and oxygen atoms in total. The van der Waals surface area contributed by atoms with Gasteiger partial charge in [-0.2, -0.15) is 0 Å². The Morgan fingerprint density at radius 2 is 1.50 bits per heavy atom. The molecule has 0 spiro atoms. The van der Waals surface area contributed by atoms with Gasteiger partial charge in [-0.25, -0.2) is 0 Å². The second kappa shape index (κ2) is 4.92. The molecule has 2 N–H and O–H groups in total. The second-order valence-electron chi connectivity index (χ2n) is 4.83. The fraction of sp³-hybridized carbons (Fsp3) is 0.250. The molecule has 0 radical (unpaired) electrons. The summed E-state index contributed by atoms with van der Waals surface area (Å²) in [5.74, 6) is 0. The highest BCUT2D eigenvalue weighted by molar-refractivity contribution is 5.30. The van der Waals surface area contributed by atoms with E-state index < -0.39 is 11.7 Å². The van der Waals surface area contributed by atoms with E-state index in [9.17, 15) is 10.2 Å². The Balaban J connectivity index is 2.32. The van der Waals surface area contributed by atoms with E-state index in [-0.39, 0.29) is 0 Å². The summed E-state index contributed by atoms with van der Waals surface area (Å²) < 4.78 is 0. The van der Waals surface area contributed by atoms with E-state index in [0.717, 1.165) is 11.1 Å². The Morgan fingerprint density at radius 1 is 0.944 bits per heavy atom. The van der Waals surface area contributed by atoms with Crippen LogP contribution in [0.5, 0.6) is 0 Å². The van der Waals surface area contributed by atoms with Crippen molar-refractivity contribution < 1.29 is 10.2 Å². The maximum Gasteiger partial charge on any atom is 0.117 e. The van der Waals surface area contributed by atoms with Crippen molar-refractivity contribution in [3.63, 3.8) is 0 Å². The predicted molar refractivity (Wildman–Crippen MR) is 72.2 cm³/mol. The van der Waals surface area contributed by atoms with Gasteiger partial charge in [-0.1, -0.05) is 60.2 Å². The first-order valence-corrected chi connectivity index (χ1v) is 6.04.